The molecule has 3 rings (SSSR count). The number of rotatable bonds is 7. The van der Waals surface area contributed by atoms with Gasteiger partial charge in [0.15, 0.2) is 0 Å². The summed E-state index contributed by atoms with van der Waals surface area (Å²) in [5.41, 5.74) is 6.37. The highest BCUT2D eigenvalue weighted by molar-refractivity contribution is 7.92. The van der Waals surface area contributed by atoms with Crippen LogP contribution in [0.25, 0.3) is 5.69 Å². The Kier molecular flexibility index (Phi) is 4.95. The summed E-state index contributed by atoms with van der Waals surface area (Å²) in [6.45, 7) is 0. The number of nitrogens with one attached hydrogen (secondary N) is 4. The molecule has 2 aromatic carbocycles. The highest BCUT2D eigenvalue weighted by Gasteiger charge is 2.15. The van der Waals surface area contributed by atoms with Crippen molar-refractivity contribution in [1.82, 2.24) is 25.6 Å². The first-order valence-corrected chi connectivity index (χ1v) is 9.07. The van der Waals surface area contributed by atoms with Crippen LogP contribution in [0, 0.1) is 4.77 Å². The fraction of sp³-hybridized carbons (Fsp3) is 0. The molecule has 3 aromatic rings. The Morgan fingerprint density at radius 3 is 2.50 bits per heavy atom. The topological polar surface area (TPSA) is 134 Å². The summed E-state index contributed by atoms with van der Waals surface area (Å²) in [5, 5.41) is 9.80. The molecule has 0 unspecified atom stereocenters. The van der Waals surface area contributed by atoms with E-state index in [2.05, 4.69) is 31.1 Å². The maximum Gasteiger partial charge on any atom is 0.261 e. The van der Waals surface area contributed by atoms with E-state index in [1.807, 2.05) is 0 Å². The van der Waals surface area contributed by atoms with Crippen molar-refractivity contribution in [3.8, 4) is 5.69 Å². The van der Waals surface area contributed by atoms with Crippen molar-refractivity contribution >= 4 is 40.0 Å². The van der Waals surface area contributed by atoms with Gasteiger partial charge >= 0.3 is 0 Å². The van der Waals surface area contributed by atoms with Crippen LogP contribution in [-0.4, -0.2) is 35.0 Å². The number of hydrogen-bond donors (Lipinski definition) is 4. The van der Waals surface area contributed by atoms with Gasteiger partial charge in [0, 0.05) is 5.69 Å². The predicted molar refractivity (Wildman–Crippen MR) is 96.6 cm³/mol. The molecule has 0 radical (unpaired) electrons. The monoisotopic (exact) mass is 391 g/mol. The molecular weight excluding hydrogens is 378 g/mol. The maximum atomic E-state index is 12.6. The van der Waals surface area contributed by atoms with Gasteiger partial charge in [0.25, 0.3) is 10.0 Å². The lowest BCUT2D eigenvalue weighted by atomic mass is 10.3. The number of tetrazole rings is 1. The molecule has 0 saturated carbocycles. The molecule has 10 nitrogen and oxygen atoms in total. The van der Waals surface area contributed by atoms with Crippen molar-refractivity contribution in [3.05, 3.63) is 53.3 Å². The summed E-state index contributed by atoms with van der Waals surface area (Å²) in [6.07, 6.45) is 0.491. The van der Waals surface area contributed by atoms with Crippen LogP contribution >= 0.6 is 12.2 Å². The lowest BCUT2D eigenvalue weighted by Gasteiger charge is -2.10. The number of H-pyrrole nitrogens is 1. The standard InChI is InChI=1S/C14H13N7O3S2/c22-9-15-16-10-4-6-11(7-5-10)18-26(23,24)13-3-1-2-12(8-13)21-14(25)17-19-20-21/h1-9,16,18H,(H,15,22)(H,17,20,25). The van der Waals surface area contributed by atoms with Crippen molar-refractivity contribution in [1.29, 1.82) is 0 Å². The number of sulfonamides is 1. The number of benzene rings is 2. The number of aromatic nitrogens is 4. The normalized spacial score (nSPS) is 10.9. The van der Waals surface area contributed by atoms with Gasteiger partial charge in [-0.25, -0.2) is 13.1 Å². The largest absolute Gasteiger partial charge is 0.299 e. The van der Waals surface area contributed by atoms with Gasteiger partial charge in [-0.1, -0.05) is 16.4 Å². The third-order valence-electron chi connectivity index (χ3n) is 3.27. The molecule has 1 heterocycles. The number of carbonyl (C=O) groups is 1. The number of amides is 1. The van der Waals surface area contributed by atoms with E-state index in [4.69, 9.17) is 12.2 Å². The Balaban J connectivity index is 1.83. The SMILES string of the molecule is O=CNNc1ccc(NS(=O)(=O)c2cccc(-n3[nH]nnc3=S)c2)cc1. The van der Waals surface area contributed by atoms with Gasteiger partial charge in [0.05, 0.1) is 16.3 Å². The molecule has 0 aliphatic rings. The zero-order valence-electron chi connectivity index (χ0n) is 13.1. The van der Waals surface area contributed by atoms with Crippen molar-refractivity contribution in [2.45, 2.75) is 4.90 Å². The molecule has 0 atom stereocenters. The van der Waals surface area contributed by atoms with E-state index < -0.39 is 10.0 Å². The van der Waals surface area contributed by atoms with Crippen LogP contribution in [0.5, 0.6) is 0 Å². The summed E-state index contributed by atoms with van der Waals surface area (Å²) in [5.74, 6) is 0. The number of hydrazine groups is 1. The smallest absolute Gasteiger partial charge is 0.261 e. The Labute approximate surface area is 153 Å². The molecular formula is C14H13N7O3S2. The minimum atomic E-state index is -3.81. The number of carbonyl (C=O) groups excluding carboxylic acids is 1. The summed E-state index contributed by atoms with van der Waals surface area (Å²) in [6, 6.07) is 12.5. The molecule has 1 aromatic heterocycles. The van der Waals surface area contributed by atoms with Gasteiger partial charge in [-0.2, -0.15) is 5.21 Å². The molecule has 134 valence electrons. The first-order valence-electron chi connectivity index (χ1n) is 7.18. The minimum absolute atomic E-state index is 0.0522. The van der Waals surface area contributed by atoms with E-state index in [1.165, 1.54) is 16.8 Å². The molecule has 0 aliphatic carbocycles. The number of nitrogens with zero attached hydrogens (tertiary/aromatic N) is 3. The van der Waals surface area contributed by atoms with E-state index in [0.29, 0.717) is 23.5 Å². The Morgan fingerprint density at radius 2 is 1.85 bits per heavy atom. The first kappa shape index (κ1) is 17.6. The fourth-order valence-corrected chi connectivity index (χ4v) is 3.39. The molecule has 0 aliphatic heterocycles. The zero-order valence-corrected chi connectivity index (χ0v) is 14.7. The van der Waals surface area contributed by atoms with Gasteiger partial charge in [-0.15, -0.1) is 0 Å². The van der Waals surface area contributed by atoms with E-state index in [0.717, 1.165) is 0 Å². The maximum absolute atomic E-state index is 12.6. The highest BCUT2D eigenvalue weighted by atomic mass is 32.2. The molecule has 4 N–H and O–H groups in total. The van der Waals surface area contributed by atoms with Crippen molar-refractivity contribution in [2.24, 2.45) is 0 Å². The van der Waals surface area contributed by atoms with Crippen LogP contribution in [0.3, 0.4) is 0 Å². The van der Waals surface area contributed by atoms with E-state index in [9.17, 15) is 13.2 Å². The van der Waals surface area contributed by atoms with Crippen LogP contribution < -0.4 is 15.6 Å². The number of anilines is 2. The molecule has 26 heavy (non-hydrogen) atoms. The van der Waals surface area contributed by atoms with Crippen LogP contribution in [0.2, 0.25) is 0 Å². The summed E-state index contributed by atoms with van der Waals surface area (Å²) < 4.78 is 29.3. The molecule has 0 saturated heterocycles. The van der Waals surface area contributed by atoms with Crippen LogP contribution in [0.1, 0.15) is 0 Å². The Hall–Kier alpha value is -3.25. The fourth-order valence-electron chi connectivity index (χ4n) is 2.10. The highest BCUT2D eigenvalue weighted by Crippen LogP contribution is 2.20. The van der Waals surface area contributed by atoms with Crippen LogP contribution in [0.15, 0.2) is 53.4 Å². The number of hydrogen-bond acceptors (Lipinski definition) is 7. The quantitative estimate of drug-likeness (QED) is 0.270. The third-order valence-corrected chi connectivity index (χ3v) is 4.91. The van der Waals surface area contributed by atoms with Gasteiger partial charge < -0.3 is 0 Å². The van der Waals surface area contributed by atoms with Gasteiger partial charge in [-0.3, -0.25) is 20.4 Å². The lowest BCUT2D eigenvalue weighted by Crippen LogP contribution is -2.18. The van der Waals surface area contributed by atoms with Gasteiger partial charge in [0.2, 0.25) is 11.2 Å². The Morgan fingerprint density at radius 1 is 1.12 bits per heavy atom. The third kappa shape index (κ3) is 3.87. The molecule has 0 spiro atoms. The second-order valence-electron chi connectivity index (χ2n) is 4.99. The average Bonchev–Trinajstić information content (AvgIpc) is 3.07. The Bertz CT molecular complexity index is 1070. The van der Waals surface area contributed by atoms with Gasteiger partial charge in [0.1, 0.15) is 0 Å². The minimum Gasteiger partial charge on any atom is -0.299 e. The van der Waals surface area contributed by atoms with Crippen molar-refractivity contribution in [2.75, 3.05) is 10.1 Å². The summed E-state index contributed by atoms with van der Waals surface area (Å²) in [4.78, 5) is 10.3. The lowest BCUT2D eigenvalue weighted by molar-refractivity contribution is -0.109. The van der Waals surface area contributed by atoms with E-state index >= 15 is 0 Å². The predicted octanol–water partition coefficient (Wildman–Crippen LogP) is 1.20. The molecule has 0 bridgehead atoms. The van der Waals surface area contributed by atoms with Crippen LogP contribution in [-0.2, 0) is 14.8 Å². The zero-order chi connectivity index (χ0) is 18.6. The van der Waals surface area contributed by atoms with Crippen molar-refractivity contribution in [3.63, 3.8) is 0 Å². The van der Waals surface area contributed by atoms with E-state index in [-0.39, 0.29) is 9.67 Å². The first-order chi connectivity index (χ1) is 12.5. The van der Waals surface area contributed by atoms with E-state index in [1.54, 1.807) is 36.4 Å². The van der Waals surface area contributed by atoms with Gasteiger partial charge in [-0.05, 0) is 54.7 Å². The second kappa shape index (κ2) is 7.33. The molecule has 12 heteroatoms. The molecule has 0 fully saturated rings. The van der Waals surface area contributed by atoms with Crippen LogP contribution in [0.4, 0.5) is 11.4 Å². The average molecular weight is 391 g/mol. The number of aromatic amines is 1. The molecule has 1 amide bonds. The van der Waals surface area contributed by atoms with Crippen molar-refractivity contribution < 1.29 is 13.2 Å². The summed E-state index contributed by atoms with van der Waals surface area (Å²) >= 11 is 5.01. The second-order valence-corrected chi connectivity index (χ2v) is 7.03. The summed E-state index contributed by atoms with van der Waals surface area (Å²) in [7, 11) is -3.81.